The monoisotopic (exact) mass is 234 g/mol. The first-order valence-electron chi connectivity index (χ1n) is 5.17. The molecule has 0 aliphatic rings. The van der Waals surface area contributed by atoms with Crippen molar-refractivity contribution < 1.29 is 18.3 Å². The molecule has 0 rings (SSSR count). The fourth-order valence-corrected chi connectivity index (χ4v) is 2.65. The lowest BCUT2D eigenvalue weighted by Crippen LogP contribution is -2.26. The van der Waals surface area contributed by atoms with Crippen LogP contribution in [0, 0.1) is 0 Å². The Morgan fingerprint density at radius 3 is 1.93 bits per heavy atom. The fraction of sp³-hybridized carbons (Fsp3) is 0.800. The average Bonchev–Trinajstić information content (AvgIpc) is 2.25. The van der Waals surface area contributed by atoms with Crippen molar-refractivity contribution in [3.63, 3.8) is 0 Å². The van der Waals surface area contributed by atoms with Crippen molar-refractivity contribution in [2.75, 3.05) is 40.6 Å². The maximum absolute atomic E-state index is 5.62. The number of rotatable bonds is 11. The highest BCUT2D eigenvalue weighted by Crippen LogP contribution is 2.02. The van der Waals surface area contributed by atoms with Gasteiger partial charge in [-0.05, 0) is 12.5 Å². The van der Waals surface area contributed by atoms with Gasteiger partial charge in [-0.25, -0.2) is 0 Å². The molecule has 15 heavy (non-hydrogen) atoms. The van der Waals surface area contributed by atoms with Gasteiger partial charge in [0.05, 0.1) is 26.4 Å². The van der Waals surface area contributed by atoms with Gasteiger partial charge in [0.25, 0.3) is 0 Å². The maximum Gasteiger partial charge on any atom is 0.321 e. The summed E-state index contributed by atoms with van der Waals surface area (Å²) in [5, 5.41) is 0. The average molecular weight is 234 g/mol. The Hall–Kier alpha value is -0.203. The Labute approximate surface area is 94.0 Å². The van der Waals surface area contributed by atoms with Gasteiger partial charge in [0.2, 0.25) is 0 Å². The van der Waals surface area contributed by atoms with E-state index in [4.69, 9.17) is 18.3 Å². The predicted octanol–water partition coefficient (Wildman–Crippen LogP) is 1.11. The zero-order valence-electron chi connectivity index (χ0n) is 9.74. The van der Waals surface area contributed by atoms with E-state index in [1.54, 1.807) is 14.2 Å². The van der Waals surface area contributed by atoms with Gasteiger partial charge in [0.1, 0.15) is 0 Å². The molecule has 0 aromatic carbocycles. The molecule has 0 heterocycles. The van der Waals surface area contributed by atoms with Crippen LogP contribution < -0.4 is 0 Å². The topological polar surface area (TPSA) is 36.9 Å². The third kappa shape index (κ3) is 10.1. The second-order valence-corrected chi connectivity index (χ2v) is 5.13. The van der Waals surface area contributed by atoms with Crippen molar-refractivity contribution >= 4 is 9.28 Å². The Balaban J connectivity index is 3.57. The van der Waals surface area contributed by atoms with Crippen LogP contribution in [-0.4, -0.2) is 49.9 Å². The third-order valence-corrected chi connectivity index (χ3v) is 3.81. The highest BCUT2D eigenvalue weighted by molar-refractivity contribution is 6.44. The first kappa shape index (κ1) is 14.8. The minimum atomic E-state index is -1.55. The lowest BCUT2D eigenvalue weighted by molar-refractivity contribution is 0.0996. The molecule has 0 aliphatic carbocycles. The molecule has 0 saturated heterocycles. The number of allylic oxidation sites excluding steroid dienone is 1. The minimum absolute atomic E-state index is 0.609. The molecule has 4 nitrogen and oxygen atoms in total. The first-order valence-corrected chi connectivity index (χ1v) is 6.93. The molecule has 0 radical (unpaired) electrons. The second-order valence-electron chi connectivity index (χ2n) is 3.02. The van der Waals surface area contributed by atoms with Crippen LogP contribution in [-0.2, 0) is 18.3 Å². The van der Waals surface area contributed by atoms with Gasteiger partial charge in [0.15, 0.2) is 0 Å². The first-order chi connectivity index (χ1) is 7.35. The van der Waals surface area contributed by atoms with E-state index in [0.29, 0.717) is 26.4 Å². The summed E-state index contributed by atoms with van der Waals surface area (Å²) in [5.41, 5.74) is 0. The Bertz CT molecular complexity index is 133. The lowest BCUT2D eigenvalue weighted by Gasteiger charge is -2.15. The molecule has 0 N–H and O–H groups in total. The Kier molecular flexibility index (Phi) is 11.7. The maximum atomic E-state index is 5.62. The van der Waals surface area contributed by atoms with Crippen LogP contribution in [0.4, 0.5) is 0 Å². The standard InChI is InChI=1S/C10H22O4Si/c1-4-5-10-15(13-8-6-11-2)14-9-7-12-3/h4,15H,1,5-10H2,2-3H3. The van der Waals surface area contributed by atoms with Gasteiger partial charge in [0, 0.05) is 14.2 Å². The zero-order valence-corrected chi connectivity index (χ0v) is 10.9. The molecule has 0 spiro atoms. The Morgan fingerprint density at radius 2 is 1.53 bits per heavy atom. The van der Waals surface area contributed by atoms with Crippen molar-refractivity contribution in [1.29, 1.82) is 0 Å². The summed E-state index contributed by atoms with van der Waals surface area (Å²) in [6, 6.07) is 0.955. The summed E-state index contributed by atoms with van der Waals surface area (Å²) >= 11 is 0. The summed E-state index contributed by atoms with van der Waals surface area (Å²) in [6.07, 6.45) is 2.83. The van der Waals surface area contributed by atoms with Crippen molar-refractivity contribution in [2.24, 2.45) is 0 Å². The van der Waals surface area contributed by atoms with Crippen LogP contribution in [0.2, 0.25) is 6.04 Å². The van der Waals surface area contributed by atoms with Gasteiger partial charge < -0.3 is 18.3 Å². The quantitative estimate of drug-likeness (QED) is 0.305. The van der Waals surface area contributed by atoms with Crippen LogP contribution >= 0.6 is 0 Å². The summed E-state index contributed by atoms with van der Waals surface area (Å²) in [4.78, 5) is 0. The van der Waals surface area contributed by atoms with Crippen LogP contribution in [0.3, 0.4) is 0 Å². The van der Waals surface area contributed by atoms with Crippen molar-refractivity contribution in [2.45, 2.75) is 12.5 Å². The molecular formula is C10H22O4Si. The van der Waals surface area contributed by atoms with Gasteiger partial charge in [-0.3, -0.25) is 0 Å². The van der Waals surface area contributed by atoms with Crippen LogP contribution in [0.5, 0.6) is 0 Å². The molecule has 0 amide bonds. The highest BCUT2D eigenvalue weighted by atomic mass is 28.3. The van der Waals surface area contributed by atoms with E-state index in [2.05, 4.69) is 6.58 Å². The smallest absolute Gasteiger partial charge is 0.321 e. The number of methoxy groups -OCH3 is 2. The number of hydrogen-bond acceptors (Lipinski definition) is 4. The molecule has 90 valence electrons. The van der Waals surface area contributed by atoms with Crippen molar-refractivity contribution in [3.8, 4) is 0 Å². The highest BCUT2D eigenvalue weighted by Gasteiger charge is 2.11. The van der Waals surface area contributed by atoms with Gasteiger partial charge in [-0.1, -0.05) is 6.08 Å². The lowest BCUT2D eigenvalue weighted by atomic mass is 10.5. The zero-order chi connectivity index (χ0) is 11.4. The molecule has 0 bridgehead atoms. The van der Waals surface area contributed by atoms with Gasteiger partial charge in [-0.15, -0.1) is 6.58 Å². The summed E-state index contributed by atoms with van der Waals surface area (Å²) in [6.45, 7) is 6.14. The van der Waals surface area contributed by atoms with E-state index in [0.717, 1.165) is 12.5 Å². The van der Waals surface area contributed by atoms with E-state index in [1.165, 1.54) is 0 Å². The molecule has 0 unspecified atom stereocenters. The molecule has 0 saturated carbocycles. The molecule has 0 aliphatic heterocycles. The summed E-state index contributed by atoms with van der Waals surface area (Å²) < 4.78 is 21.1. The minimum Gasteiger partial charge on any atom is -0.394 e. The van der Waals surface area contributed by atoms with Crippen LogP contribution in [0.25, 0.3) is 0 Å². The summed E-state index contributed by atoms with van der Waals surface area (Å²) in [7, 11) is 1.78. The third-order valence-electron chi connectivity index (χ3n) is 1.79. The summed E-state index contributed by atoms with van der Waals surface area (Å²) in [5.74, 6) is 0. The molecule has 0 aromatic rings. The van der Waals surface area contributed by atoms with Crippen LogP contribution in [0.15, 0.2) is 12.7 Å². The van der Waals surface area contributed by atoms with Crippen molar-refractivity contribution in [1.82, 2.24) is 0 Å². The van der Waals surface area contributed by atoms with E-state index < -0.39 is 9.28 Å². The van der Waals surface area contributed by atoms with E-state index >= 15 is 0 Å². The fourth-order valence-electron chi connectivity index (χ4n) is 0.994. The SMILES string of the molecule is C=CCC[SiH](OCCOC)OCCOC. The Morgan fingerprint density at radius 1 is 1.00 bits per heavy atom. The van der Waals surface area contributed by atoms with Gasteiger partial charge >= 0.3 is 9.28 Å². The normalized spacial score (nSPS) is 10.9. The molecule has 0 fully saturated rings. The van der Waals surface area contributed by atoms with E-state index in [1.807, 2.05) is 6.08 Å². The van der Waals surface area contributed by atoms with Gasteiger partial charge in [-0.2, -0.15) is 0 Å². The molecule has 0 aromatic heterocycles. The molecule has 0 atom stereocenters. The van der Waals surface area contributed by atoms with Crippen LogP contribution in [0.1, 0.15) is 6.42 Å². The van der Waals surface area contributed by atoms with E-state index in [9.17, 15) is 0 Å². The second kappa shape index (κ2) is 11.9. The number of ether oxygens (including phenoxy) is 2. The van der Waals surface area contributed by atoms with Crippen molar-refractivity contribution in [3.05, 3.63) is 12.7 Å². The number of hydrogen-bond donors (Lipinski definition) is 0. The predicted molar refractivity (Wildman–Crippen MR) is 62.4 cm³/mol. The van der Waals surface area contributed by atoms with E-state index in [-0.39, 0.29) is 0 Å². The largest absolute Gasteiger partial charge is 0.394 e. The molecule has 5 heteroatoms. The molecular weight excluding hydrogens is 212 g/mol.